The van der Waals surface area contributed by atoms with Crippen molar-refractivity contribution in [2.24, 2.45) is 0 Å². The van der Waals surface area contributed by atoms with E-state index < -0.39 is 0 Å². The SMILES string of the molecule is CC1Nc2ccccc2O1.CCCC. The molecule has 2 rings (SSSR count). The fourth-order valence-electron chi connectivity index (χ4n) is 1.13. The van der Waals surface area contributed by atoms with Crippen molar-refractivity contribution in [1.82, 2.24) is 0 Å². The Morgan fingerprint density at radius 3 is 2.43 bits per heavy atom. The second kappa shape index (κ2) is 5.53. The van der Waals surface area contributed by atoms with E-state index in [1.165, 1.54) is 12.8 Å². The lowest BCUT2D eigenvalue weighted by Gasteiger charge is -2.00. The number of hydrogen-bond acceptors (Lipinski definition) is 2. The first-order valence-electron chi connectivity index (χ1n) is 5.30. The van der Waals surface area contributed by atoms with E-state index in [4.69, 9.17) is 4.74 Å². The van der Waals surface area contributed by atoms with E-state index in [1.54, 1.807) is 0 Å². The average molecular weight is 193 g/mol. The summed E-state index contributed by atoms with van der Waals surface area (Å²) in [6.07, 6.45) is 2.76. The molecular weight excluding hydrogens is 174 g/mol. The van der Waals surface area contributed by atoms with Crippen LogP contribution in [-0.4, -0.2) is 6.23 Å². The largest absolute Gasteiger partial charge is 0.469 e. The average Bonchev–Trinajstić information content (AvgIpc) is 2.58. The van der Waals surface area contributed by atoms with Gasteiger partial charge in [0.15, 0.2) is 6.23 Å². The molecule has 0 saturated heterocycles. The van der Waals surface area contributed by atoms with Gasteiger partial charge in [0.25, 0.3) is 0 Å². The quantitative estimate of drug-likeness (QED) is 0.735. The van der Waals surface area contributed by atoms with Crippen molar-refractivity contribution in [3.63, 3.8) is 0 Å². The molecule has 78 valence electrons. The van der Waals surface area contributed by atoms with Crippen molar-refractivity contribution >= 4 is 5.69 Å². The molecule has 1 aliphatic rings. The maximum Gasteiger partial charge on any atom is 0.167 e. The Balaban J connectivity index is 0.000000213. The zero-order valence-corrected chi connectivity index (χ0v) is 9.21. The smallest absolute Gasteiger partial charge is 0.167 e. The third-order valence-electron chi connectivity index (χ3n) is 2.05. The molecule has 1 aromatic rings. The Hall–Kier alpha value is -1.18. The molecule has 1 aliphatic heterocycles. The predicted molar refractivity (Wildman–Crippen MR) is 60.7 cm³/mol. The monoisotopic (exact) mass is 193 g/mol. The fraction of sp³-hybridized carbons (Fsp3) is 0.500. The molecule has 1 heterocycles. The summed E-state index contributed by atoms with van der Waals surface area (Å²) in [4.78, 5) is 0. The number of benzene rings is 1. The molecule has 0 spiro atoms. The summed E-state index contributed by atoms with van der Waals surface area (Å²) in [5.41, 5.74) is 1.09. The zero-order chi connectivity index (χ0) is 10.4. The summed E-state index contributed by atoms with van der Waals surface area (Å²) in [6.45, 7) is 6.35. The van der Waals surface area contributed by atoms with Gasteiger partial charge in [0.2, 0.25) is 0 Å². The van der Waals surface area contributed by atoms with E-state index in [2.05, 4.69) is 19.2 Å². The van der Waals surface area contributed by atoms with Gasteiger partial charge in [-0.1, -0.05) is 38.8 Å². The normalized spacial score (nSPS) is 17.2. The van der Waals surface area contributed by atoms with Crippen molar-refractivity contribution in [1.29, 1.82) is 0 Å². The molecule has 0 bridgehead atoms. The molecule has 2 heteroatoms. The fourth-order valence-corrected chi connectivity index (χ4v) is 1.13. The molecule has 0 aliphatic carbocycles. The van der Waals surface area contributed by atoms with Gasteiger partial charge >= 0.3 is 0 Å². The van der Waals surface area contributed by atoms with Crippen LogP contribution in [0.2, 0.25) is 0 Å². The molecule has 1 unspecified atom stereocenters. The Morgan fingerprint density at radius 1 is 1.21 bits per heavy atom. The molecule has 0 saturated carbocycles. The number of para-hydroxylation sites is 2. The Morgan fingerprint density at radius 2 is 1.86 bits per heavy atom. The number of nitrogens with one attached hydrogen (secondary N) is 1. The van der Waals surface area contributed by atoms with Gasteiger partial charge in [0.1, 0.15) is 5.75 Å². The lowest BCUT2D eigenvalue weighted by atomic mass is 10.3. The summed E-state index contributed by atoms with van der Waals surface area (Å²) < 4.78 is 5.40. The zero-order valence-electron chi connectivity index (χ0n) is 9.21. The van der Waals surface area contributed by atoms with Crippen molar-refractivity contribution in [2.45, 2.75) is 39.8 Å². The minimum atomic E-state index is 0.123. The van der Waals surface area contributed by atoms with Crippen LogP contribution < -0.4 is 10.1 Å². The topological polar surface area (TPSA) is 21.3 Å². The summed E-state index contributed by atoms with van der Waals surface area (Å²) in [6, 6.07) is 7.94. The highest BCUT2D eigenvalue weighted by molar-refractivity contribution is 5.59. The van der Waals surface area contributed by atoms with Crippen molar-refractivity contribution in [3.8, 4) is 5.75 Å². The standard InChI is InChI=1S/C8H9NO.C4H10/c1-6-9-7-4-2-3-5-8(7)10-6;1-3-4-2/h2-6,9H,1H3;3-4H2,1-2H3. The van der Waals surface area contributed by atoms with E-state index in [9.17, 15) is 0 Å². The van der Waals surface area contributed by atoms with Gasteiger partial charge in [-0.05, 0) is 19.1 Å². The number of unbranched alkanes of at least 4 members (excludes halogenated alkanes) is 1. The number of ether oxygens (including phenoxy) is 1. The third kappa shape index (κ3) is 2.95. The summed E-state index contributed by atoms with van der Waals surface area (Å²) >= 11 is 0. The van der Waals surface area contributed by atoms with Crippen LogP contribution in [-0.2, 0) is 0 Å². The number of rotatable bonds is 1. The molecule has 1 aromatic carbocycles. The molecule has 1 atom stereocenters. The van der Waals surface area contributed by atoms with Gasteiger partial charge in [-0.25, -0.2) is 0 Å². The van der Waals surface area contributed by atoms with Gasteiger partial charge in [0, 0.05) is 0 Å². The van der Waals surface area contributed by atoms with Crippen molar-refractivity contribution < 1.29 is 4.74 Å². The Bertz CT molecular complexity index is 246. The van der Waals surface area contributed by atoms with Crippen LogP contribution in [0.1, 0.15) is 33.6 Å². The summed E-state index contributed by atoms with van der Waals surface area (Å²) in [5, 5.41) is 3.18. The maximum atomic E-state index is 5.40. The Kier molecular flexibility index (Phi) is 4.30. The molecule has 0 aromatic heterocycles. The van der Waals surface area contributed by atoms with E-state index in [0.717, 1.165) is 11.4 Å². The molecule has 0 fully saturated rings. The minimum absolute atomic E-state index is 0.123. The van der Waals surface area contributed by atoms with Crippen LogP contribution in [0, 0.1) is 0 Å². The predicted octanol–water partition coefficient (Wildman–Crippen LogP) is 3.64. The molecule has 1 N–H and O–H groups in total. The first-order valence-corrected chi connectivity index (χ1v) is 5.30. The van der Waals surface area contributed by atoms with E-state index in [-0.39, 0.29) is 6.23 Å². The van der Waals surface area contributed by atoms with Crippen LogP contribution in [0.25, 0.3) is 0 Å². The highest BCUT2D eigenvalue weighted by Gasteiger charge is 2.15. The second-order valence-electron chi connectivity index (χ2n) is 3.40. The number of fused-ring (bicyclic) bond motifs is 1. The molecule has 14 heavy (non-hydrogen) atoms. The highest BCUT2D eigenvalue weighted by Crippen LogP contribution is 2.30. The van der Waals surface area contributed by atoms with Crippen LogP contribution in [0.5, 0.6) is 5.75 Å². The van der Waals surface area contributed by atoms with Gasteiger partial charge in [-0.2, -0.15) is 0 Å². The third-order valence-corrected chi connectivity index (χ3v) is 2.05. The van der Waals surface area contributed by atoms with E-state index in [0.29, 0.717) is 0 Å². The lowest BCUT2D eigenvalue weighted by Crippen LogP contribution is -2.13. The van der Waals surface area contributed by atoms with Crippen molar-refractivity contribution in [3.05, 3.63) is 24.3 Å². The van der Waals surface area contributed by atoms with Crippen LogP contribution in [0.15, 0.2) is 24.3 Å². The van der Waals surface area contributed by atoms with Crippen LogP contribution >= 0.6 is 0 Å². The molecular formula is C12H19NO. The first kappa shape index (κ1) is 10.9. The second-order valence-corrected chi connectivity index (χ2v) is 3.40. The minimum Gasteiger partial charge on any atom is -0.469 e. The van der Waals surface area contributed by atoms with Crippen LogP contribution in [0.3, 0.4) is 0 Å². The summed E-state index contributed by atoms with van der Waals surface area (Å²) in [5.74, 6) is 0.954. The van der Waals surface area contributed by atoms with Gasteiger partial charge < -0.3 is 10.1 Å². The van der Waals surface area contributed by atoms with Crippen LogP contribution in [0.4, 0.5) is 5.69 Å². The van der Waals surface area contributed by atoms with E-state index in [1.807, 2.05) is 31.2 Å². The number of hydrogen-bond donors (Lipinski definition) is 1. The van der Waals surface area contributed by atoms with Crippen molar-refractivity contribution in [2.75, 3.05) is 5.32 Å². The molecule has 2 nitrogen and oxygen atoms in total. The number of anilines is 1. The molecule has 0 amide bonds. The highest BCUT2D eigenvalue weighted by atomic mass is 16.5. The Labute approximate surface area is 86.3 Å². The lowest BCUT2D eigenvalue weighted by molar-refractivity contribution is 0.275. The first-order chi connectivity index (χ1) is 6.77. The summed E-state index contributed by atoms with van der Waals surface area (Å²) in [7, 11) is 0. The van der Waals surface area contributed by atoms with Gasteiger partial charge in [-0.3, -0.25) is 0 Å². The van der Waals surface area contributed by atoms with E-state index >= 15 is 0 Å². The van der Waals surface area contributed by atoms with Gasteiger partial charge in [-0.15, -0.1) is 0 Å². The van der Waals surface area contributed by atoms with Gasteiger partial charge in [0.05, 0.1) is 5.69 Å². The maximum absolute atomic E-state index is 5.40. The molecule has 0 radical (unpaired) electrons.